The van der Waals surface area contributed by atoms with Gasteiger partial charge in [-0.15, -0.1) is 0 Å². The summed E-state index contributed by atoms with van der Waals surface area (Å²) >= 11 is 7.68. The largest absolute Gasteiger partial charge is 0.330 e. The summed E-state index contributed by atoms with van der Waals surface area (Å²) in [6, 6.07) is 4.91. The first-order valence-electron chi connectivity index (χ1n) is 9.06. The molecule has 0 bridgehead atoms. The van der Waals surface area contributed by atoms with Gasteiger partial charge in [0, 0.05) is 29.4 Å². The van der Waals surface area contributed by atoms with E-state index in [1.165, 1.54) is 17.8 Å². The van der Waals surface area contributed by atoms with Crippen molar-refractivity contribution in [3.63, 3.8) is 0 Å². The van der Waals surface area contributed by atoms with Crippen molar-refractivity contribution in [2.45, 2.75) is 44.4 Å². The average Bonchev–Trinajstić information content (AvgIpc) is 2.93. The van der Waals surface area contributed by atoms with Gasteiger partial charge in [0.2, 0.25) is 0 Å². The molecule has 0 N–H and O–H groups in total. The number of hydrogen-bond acceptors (Lipinski definition) is 3. The number of halogens is 2. The Hall–Kier alpha value is -0.780. The van der Waals surface area contributed by atoms with E-state index in [1.807, 2.05) is 4.90 Å². The van der Waals surface area contributed by atoms with Crippen molar-refractivity contribution < 1.29 is 9.18 Å². The Labute approximate surface area is 158 Å². The van der Waals surface area contributed by atoms with Gasteiger partial charge in [-0.05, 0) is 75.9 Å². The van der Waals surface area contributed by atoms with Gasteiger partial charge in [0.15, 0.2) is 0 Å². The molecule has 2 fully saturated rings. The minimum absolute atomic E-state index is 0.213. The molecule has 138 valence electrons. The van der Waals surface area contributed by atoms with E-state index in [9.17, 15) is 9.18 Å². The monoisotopic (exact) mass is 384 g/mol. The van der Waals surface area contributed by atoms with Crippen molar-refractivity contribution in [2.24, 2.45) is 5.92 Å². The Morgan fingerprint density at radius 3 is 2.68 bits per heavy atom. The van der Waals surface area contributed by atoms with Crippen LogP contribution in [0.15, 0.2) is 18.2 Å². The minimum Gasteiger partial charge on any atom is -0.330 e. The summed E-state index contributed by atoms with van der Waals surface area (Å²) in [6.45, 7) is 8.08. The van der Waals surface area contributed by atoms with Crippen molar-refractivity contribution in [3.05, 3.63) is 34.6 Å². The molecule has 0 aromatic heterocycles. The first-order chi connectivity index (χ1) is 11.9. The second-order valence-electron chi connectivity index (χ2n) is 7.44. The maximum Gasteiger partial charge on any atom is 0.282 e. The molecule has 3 nitrogen and oxygen atoms in total. The van der Waals surface area contributed by atoms with Crippen LogP contribution in [0.2, 0.25) is 5.02 Å². The first kappa shape index (κ1) is 19.0. The molecule has 3 rings (SSSR count). The standard InChI is InChI=1S/C19H26ClFN2OS/c1-13(2)23-12-17(25-19(23)24)11-22-7-5-14(6-8-22)9-15-10-16(21)3-4-18(15)20/h3-4,10,13-14,17H,5-9,11-12H2,1-2H3. The predicted octanol–water partition coefficient (Wildman–Crippen LogP) is 4.68. The van der Waals surface area contributed by atoms with Gasteiger partial charge < -0.3 is 9.80 Å². The lowest BCUT2D eigenvalue weighted by Crippen LogP contribution is -2.40. The third kappa shape index (κ3) is 4.89. The molecule has 0 saturated carbocycles. The summed E-state index contributed by atoms with van der Waals surface area (Å²) in [5.74, 6) is 0.343. The van der Waals surface area contributed by atoms with E-state index in [1.54, 1.807) is 12.1 Å². The van der Waals surface area contributed by atoms with Gasteiger partial charge in [0.1, 0.15) is 5.82 Å². The van der Waals surface area contributed by atoms with Crippen LogP contribution in [0.1, 0.15) is 32.3 Å². The zero-order valence-corrected chi connectivity index (χ0v) is 16.5. The quantitative estimate of drug-likeness (QED) is 0.736. The molecule has 2 aliphatic heterocycles. The van der Waals surface area contributed by atoms with Gasteiger partial charge in [-0.3, -0.25) is 4.79 Å². The van der Waals surface area contributed by atoms with Crippen LogP contribution < -0.4 is 0 Å². The van der Waals surface area contributed by atoms with Crippen LogP contribution >= 0.6 is 23.4 Å². The molecule has 0 aliphatic carbocycles. The molecule has 1 unspecified atom stereocenters. The Morgan fingerprint density at radius 1 is 1.32 bits per heavy atom. The fourth-order valence-corrected chi connectivity index (χ4v) is 5.15. The highest BCUT2D eigenvalue weighted by Crippen LogP contribution is 2.30. The molecular weight excluding hydrogens is 359 g/mol. The molecule has 1 aromatic rings. The van der Waals surface area contributed by atoms with Crippen molar-refractivity contribution >= 4 is 28.6 Å². The maximum atomic E-state index is 13.4. The highest BCUT2D eigenvalue weighted by atomic mass is 35.5. The highest BCUT2D eigenvalue weighted by Gasteiger charge is 2.33. The van der Waals surface area contributed by atoms with Gasteiger partial charge in [-0.1, -0.05) is 23.4 Å². The number of piperidine rings is 1. The molecule has 2 saturated heterocycles. The van der Waals surface area contributed by atoms with Crippen LogP contribution in [-0.2, 0) is 6.42 Å². The first-order valence-corrected chi connectivity index (χ1v) is 10.3. The number of carbonyl (C=O) groups excluding carboxylic acids is 1. The van der Waals surface area contributed by atoms with E-state index in [4.69, 9.17) is 11.6 Å². The van der Waals surface area contributed by atoms with Crippen LogP contribution in [0.3, 0.4) is 0 Å². The zero-order valence-electron chi connectivity index (χ0n) is 14.9. The number of carbonyl (C=O) groups is 1. The van der Waals surface area contributed by atoms with E-state index >= 15 is 0 Å². The van der Waals surface area contributed by atoms with E-state index in [0.717, 1.165) is 51.0 Å². The maximum absolute atomic E-state index is 13.4. The second kappa shape index (κ2) is 8.28. The SMILES string of the molecule is CC(C)N1CC(CN2CCC(Cc3cc(F)ccc3Cl)CC2)SC1=O. The number of rotatable bonds is 5. The molecule has 6 heteroatoms. The Kier molecular flexibility index (Phi) is 6.29. The molecule has 2 heterocycles. The lowest BCUT2D eigenvalue weighted by molar-refractivity contribution is 0.176. The van der Waals surface area contributed by atoms with E-state index < -0.39 is 0 Å². The topological polar surface area (TPSA) is 23.6 Å². The van der Waals surface area contributed by atoms with Crippen molar-refractivity contribution in [2.75, 3.05) is 26.2 Å². The van der Waals surface area contributed by atoms with Crippen molar-refractivity contribution in [1.82, 2.24) is 9.80 Å². The van der Waals surface area contributed by atoms with Crippen molar-refractivity contribution in [1.29, 1.82) is 0 Å². The van der Waals surface area contributed by atoms with Crippen LogP contribution in [0.25, 0.3) is 0 Å². The molecule has 1 aromatic carbocycles. The smallest absolute Gasteiger partial charge is 0.282 e. The van der Waals surface area contributed by atoms with E-state index in [-0.39, 0.29) is 17.1 Å². The summed E-state index contributed by atoms with van der Waals surface area (Å²) in [7, 11) is 0. The number of thioether (sulfide) groups is 1. The van der Waals surface area contributed by atoms with Gasteiger partial charge in [0.25, 0.3) is 5.24 Å². The lowest BCUT2D eigenvalue weighted by Gasteiger charge is -2.33. The van der Waals surface area contributed by atoms with E-state index in [0.29, 0.717) is 16.2 Å². The summed E-state index contributed by atoms with van der Waals surface area (Å²) in [5.41, 5.74) is 0.921. The van der Waals surface area contributed by atoms with E-state index in [2.05, 4.69) is 18.7 Å². The van der Waals surface area contributed by atoms with Crippen molar-refractivity contribution in [3.8, 4) is 0 Å². The second-order valence-corrected chi connectivity index (χ2v) is 9.09. The molecule has 0 spiro atoms. The Balaban J connectivity index is 1.46. The molecular formula is C19H26ClFN2OS. The highest BCUT2D eigenvalue weighted by molar-refractivity contribution is 8.14. The molecule has 0 radical (unpaired) electrons. The average molecular weight is 385 g/mol. The van der Waals surface area contributed by atoms with Gasteiger partial charge >= 0.3 is 0 Å². The van der Waals surface area contributed by atoms with Crippen LogP contribution in [0.4, 0.5) is 9.18 Å². The third-order valence-corrected chi connectivity index (χ3v) is 6.65. The number of amides is 1. The van der Waals surface area contributed by atoms with Gasteiger partial charge in [-0.25, -0.2) is 4.39 Å². The zero-order chi connectivity index (χ0) is 18.0. The summed E-state index contributed by atoms with van der Waals surface area (Å²) in [6.07, 6.45) is 3.06. The predicted molar refractivity (Wildman–Crippen MR) is 103 cm³/mol. The summed E-state index contributed by atoms with van der Waals surface area (Å²) < 4.78 is 13.4. The number of nitrogens with zero attached hydrogens (tertiary/aromatic N) is 2. The summed E-state index contributed by atoms with van der Waals surface area (Å²) in [5, 5.41) is 1.26. The number of likely N-dealkylation sites (tertiary alicyclic amines) is 1. The third-order valence-electron chi connectivity index (χ3n) is 5.21. The normalized spacial score (nSPS) is 23.0. The molecule has 1 amide bonds. The summed E-state index contributed by atoms with van der Waals surface area (Å²) in [4.78, 5) is 16.4. The van der Waals surface area contributed by atoms with Gasteiger partial charge in [0.05, 0.1) is 0 Å². The minimum atomic E-state index is -0.213. The fourth-order valence-electron chi connectivity index (χ4n) is 3.73. The Morgan fingerprint density at radius 2 is 2.04 bits per heavy atom. The van der Waals surface area contributed by atoms with Gasteiger partial charge in [-0.2, -0.15) is 0 Å². The molecule has 25 heavy (non-hydrogen) atoms. The van der Waals surface area contributed by atoms with Crippen LogP contribution in [-0.4, -0.2) is 52.5 Å². The van der Waals surface area contributed by atoms with Crippen LogP contribution in [0.5, 0.6) is 0 Å². The molecule has 1 atom stereocenters. The number of hydrogen-bond donors (Lipinski definition) is 0. The van der Waals surface area contributed by atoms with Crippen LogP contribution in [0, 0.1) is 11.7 Å². The fraction of sp³-hybridized carbons (Fsp3) is 0.632. The molecule has 2 aliphatic rings. The number of benzene rings is 1. The lowest BCUT2D eigenvalue weighted by atomic mass is 9.90. The Bertz CT molecular complexity index is 619.